The number of hydrogen-bond donors (Lipinski definition) is 0. The van der Waals surface area contributed by atoms with Gasteiger partial charge in [-0.15, -0.1) is 10.2 Å². The van der Waals surface area contributed by atoms with E-state index in [1.54, 1.807) is 12.3 Å². The molecule has 15 heavy (non-hydrogen) atoms. The van der Waals surface area contributed by atoms with Gasteiger partial charge >= 0.3 is 0 Å². The summed E-state index contributed by atoms with van der Waals surface area (Å²) in [5.74, 6) is 0.682. The zero-order chi connectivity index (χ0) is 10.7. The third kappa shape index (κ3) is 3.04. The summed E-state index contributed by atoms with van der Waals surface area (Å²) in [4.78, 5) is 4.15. The molecular formula is C8H5Cl2N3S2. The maximum atomic E-state index is 5.95. The molecule has 2 rings (SSSR count). The maximum Gasteiger partial charge on any atom is 0.207 e. The lowest BCUT2D eigenvalue weighted by molar-refractivity contribution is 1.04. The molecule has 0 aliphatic rings. The van der Waals surface area contributed by atoms with Crippen LogP contribution in [0.3, 0.4) is 0 Å². The van der Waals surface area contributed by atoms with Crippen LogP contribution >= 0.6 is 46.3 Å². The highest BCUT2D eigenvalue weighted by Crippen LogP contribution is 2.28. The van der Waals surface area contributed by atoms with E-state index in [4.69, 9.17) is 23.2 Å². The van der Waals surface area contributed by atoms with Crippen molar-refractivity contribution in [3.63, 3.8) is 0 Å². The number of hydrogen-bond acceptors (Lipinski definition) is 5. The van der Waals surface area contributed by atoms with E-state index in [9.17, 15) is 0 Å². The molecule has 0 amide bonds. The Hall–Kier alpha value is -0.360. The molecule has 0 bridgehead atoms. The summed E-state index contributed by atoms with van der Waals surface area (Å²) in [7, 11) is 0. The summed E-state index contributed by atoms with van der Waals surface area (Å²) in [5.41, 5.74) is 0. The fourth-order valence-corrected chi connectivity index (χ4v) is 2.92. The van der Waals surface area contributed by atoms with Gasteiger partial charge in [0.15, 0.2) is 0 Å². The van der Waals surface area contributed by atoms with E-state index in [0.717, 1.165) is 10.0 Å². The van der Waals surface area contributed by atoms with Crippen LogP contribution in [0, 0.1) is 0 Å². The zero-order valence-corrected chi connectivity index (χ0v) is 10.5. The molecule has 2 aromatic rings. The van der Waals surface area contributed by atoms with Crippen LogP contribution in [-0.2, 0) is 5.75 Å². The van der Waals surface area contributed by atoms with Crippen LogP contribution in [0.2, 0.25) is 9.49 Å². The van der Waals surface area contributed by atoms with Crippen LogP contribution in [0.15, 0.2) is 23.4 Å². The van der Waals surface area contributed by atoms with E-state index in [0.29, 0.717) is 15.2 Å². The largest absolute Gasteiger partial charge is 0.248 e. The van der Waals surface area contributed by atoms with Crippen molar-refractivity contribution in [2.45, 2.75) is 10.8 Å². The lowest BCUT2D eigenvalue weighted by atomic mass is 10.5. The second-order valence-corrected chi connectivity index (χ2v) is 5.54. The summed E-state index contributed by atoms with van der Waals surface area (Å²) in [6.45, 7) is 0. The molecule has 3 nitrogen and oxygen atoms in total. The molecule has 0 atom stereocenters. The first kappa shape index (κ1) is 11.1. The third-order valence-electron chi connectivity index (χ3n) is 1.50. The Bertz CT molecular complexity index is 461. The Morgan fingerprint density at radius 1 is 1.33 bits per heavy atom. The van der Waals surface area contributed by atoms with E-state index in [1.165, 1.54) is 23.1 Å². The summed E-state index contributed by atoms with van der Waals surface area (Å²) < 4.78 is 0.456. The van der Waals surface area contributed by atoms with E-state index in [1.807, 2.05) is 6.07 Å². The maximum absolute atomic E-state index is 5.95. The first-order chi connectivity index (χ1) is 7.25. The van der Waals surface area contributed by atoms with Gasteiger partial charge in [-0.1, -0.05) is 34.7 Å². The standard InChI is InChI=1S/C8H5Cl2N3S2/c9-5-2-1-3-11-7(5)14-4-6-12-13-8(10)15-6/h1-3H,4H2. The van der Waals surface area contributed by atoms with Gasteiger partial charge in [-0.3, -0.25) is 0 Å². The molecule has 0 saturated carbocycles. The average molecular weight is 278 g/mol. The van der Waals surface area contributed by atoms with Gasteiger partial charge in [0.1, 0.15) is 10.0 Å². The van der Waals surface area contributed by atoms with Crippen LogP contribution in [0.25, 0.3) is 0 Å². The lowest BCUT2D eigenvalue weighted by Crippen LogP contribution is -1.83. The molecule has 0 aliphatic carbocycles. The predicted octanol–water partition coefficient (Wildman–Crippen LogP) is 3.53. The van der Waals surface area contributed by atoms with Crippen molar-refractivity contribution in [2.24, 2.45) is 0 Å². The topological polar surface area (TPSA) is 38.7 Å². The van der Waals surface area contributed by atoms with Crippen LogP contribution < -0.4 is 0 Å². The number of aromatic nitrogens is 3. The summed E-state index contributed by atoms with van der Waals surface area (Å²) in [6.07, 6.45) is 1.71. The molecule has 0 radical (unpaired) electrons. The van der Waals surface area contributed by atoms with Gasteiger partial charge in [0, 0.05) is 6.20 Å². The van der Waals surface area contributed by atoms with Crippen molar-refractivity contribution in [3.8, 4) is 0 Å². The molecule has 0 saturated heterocycles. The third-order valence-corrected chi connectivity index (χ3v) is 4.13. The van der Waals surface area contributed by atoms with Gasteiger partial charge in [0.2, 0.25) is 4.47 Å². The molecule has 2 heterocycles. The van der Waals surface area contributed by atoms with Gasteiger partial charge < -0.3 is 0 Å². The number of rotatable bonds is 3. The quantitative estimate of drug-likeness (QED) is 0.805. The van der Waals surface area contributed by atoms with Crippen molar-refractivity contribution in [1.82, 2.24) is 15.2 Å². The van der Waals surface area contributed by atoms with Gasteiger partial charge in [0.25, 0.3) is 0 Å². The lowest BCUT2D eigenvalue weighted by Gasteiger charge is -1.99. The fraction of sp³-hybridized carbons (Fsp3) is 0.125. The van der Waals surface area contributed by atoms with Crippen LogP contribution in [-0.4, -0.2) is 15.2 Å². The van der Waals surface area contributed by atoms with Crippen molar-refractivity contribution in [2.75, 3.05) is 0 Å². The van der Waals surface area contributed by atoms with Crippen molar-refractivity contribution >= 4 is 46.3 Å². The van der Waals surface area contributed by atoms with Crippen LogP contribution in [0.5, 0.6) is 0 Å². The molecule has 0 N–H and O–H groups in total. The molecule has 2 aromatic heterocycles. The molecule has 78 valence electrons. The zero-order valence-electron chi connectivity index (χ0n) is 7.35. The summed E-state index contributed by atoms with van der Waals surface area (Å²) >= 11 is 14.5. The molecule has 0 unspecified atom stereocenters. The van der Waals surface area contributed by atoms with Crippen LogP contribution in [0.4, 0.5) is 0 Å². The van der Waals surface area contributed by atoms with Crippen molar-refractivity contribution in [1.29, 1.82) is 0 Å². The fourth-order valence-electron chi connectivity index (χ4n) is 0.899. The van der Waals surface area contributed by atoms with E-state index < -0.39 is 0 Å². The molecule has 0 aromatic carbocycles. The number of halogens is 2. The average Bonchev–Trinajstić information content (AvgIpc) is 2.63. The van der Waals surface area contributed by atoms with Gasteiger partial charge in [-0.25, -0.2) is 4.98 Å². The highest BCUT2D eigenvalue weighted by Gasteiger charge is 2.05. The van der Waals surface area contributed by atoms with Gasteiger partial charge in [-0.2, -0.15) is 0 Å². The molecular weight excluding hydrogens is 273 g/mol. The Kier molecular flexibility index (Phi) is 3.80. The summed E-state index contributed by atoms with van der Waals surface area (Å²) in [5, 5.41) is 9.94. The minimum absolute atomic E-state index is 0.456. The highest BCUT2D eigenvalue weighted by atomic mass is 35.5. The Morgan fingerprint density at radius 2 is 2.20 bits per heavy atom. The normalized spacial score (nSPS) is 10.5. The Labute approximate surface area is 105 Å². The van der Waals surface area contributed by atoms with Gasteiger partial charge in [-0.05, 0) is 23.7 Å². The monoisotopic (exact) mass is 277 g/mol. The smallest absolute Gasteiger partial charge is 0.207 e. The van der Waals surface area contributed by atoms with Crippen molar-refractivity contribution < 1.29 is 0 Å². The minimum Gasteiger partial charge on any atom is -0.248 e. The van der Waals surface area contributed by atoms with Crippen molar-refractivity contribution in [3.05, 3.63) is 32.8 Å². The van der Waals surface area contributed by atoms with E-state index in [-0.39, 0.29) is 0 Å². The number of thioether (sulfide) groups is 1. The van der Waals surface area contributed by atoms with Crippen LogP contribution in [0.1, 0.15) is 5.01 Å². The van der Waals surface area contributed by atoms with Gasteiger partial charge in [0.05, 0.1) is 10.8 Å². The highest BCUT2D eigenvalue weighted by molar-refractivity contribution is 7.98. The first-order valence-electron chi connectivity index (χ1n) is 3.97. The Morgan fingerprint density at radius 3 is 2.87 bits per heavy atom. The summed E-state index contributed by atoms with van der Waals surface area (Å²) in [6, 6.07) is 3.61. The molecule has 0 spiro atoms. The first-order valence-corrected chi connectivity index (χ1v) is 6.52. The Balaban J connectivity index is 2.02. The minimum atomic E-state index is 0.456. The second-order valence-electron chi connectivity index (χ2n) is 2.53. The van der Waals surface area contributed by atoms with E-state index in [2.05, 4.69) is 15.2 Å². The predicted molar refractivity (Wildman–Crippen MR) is 63.7 cm³/mol. The molecule has 0 fully saturated rings. The number of nitrogens with zero attached hydrogens (tertiary/aromatic N) is 3. The van der Waals surface area contributed by atoms with E-state index >= 15 is 0 Å². The SMILES string of the molecule is Clc1nnc(CSc2ncccc2Cl)s1. The molecule has 7 heteroatoms. The number of pyridine rings is 1. The second kappa shape index (κ2) is 5.12. The molecule has 0 aliphatic heterocycles.